The van der Waals surface area contributed by atoms with Crippen LogP contribution >= 0.6 is 0 Å². The number of carbonyl (C=O) groups excluding carboxylic acids is 3. The fourth-order valence-corrected chi connectivity index (χ4v) is 3.31. The molecule has 2 rings (SSSR count). The molecule has 3 atom stereocenters. The van der Waals surface area contributed by atoms with Crippen LogP contribution < -0.4 is 5.32 Å². The summed E-state index contributed by atoms with van der Waals surface area (Å²) in [4.78, 5) is 38.2. The third kappa shape index (κ3) is 5.30. The van der Waals surface area contributed by atoms with Crippen LogP contribution in [0.25, 0.3) is 0 Å². The number of nitrogens with one attached hydrogen (secondary N) is 1. The molecule has 0 aromatic heterocycles. The van der Waals surface area contributed by atoms with Gasteiger partial charge in [-0.1, -0.05) is 0 Å². The molecule has 1 aromatic carbocycles. The van der Waals surface area contributed by atoms with E-state index in [0.717, 1.165) is 19.3 Å². The van der Waals surface area contributed by atoms with Gasteiger partial charge in [-0.15, -0.1) is 0 Å². The van der Waals surface area contributed by atoms with E-state index in [2.05, 4.69) is 5.32 Å². The van der Waals surface area contributed by atoms with E-state index in [0.29, 0.717) is 5.69 Å². The van der Waals surface area contributed by atoms with Crippen molar-refractivity contribution in [3.63, 3.8) is 0 Å². The van der Waals surface area contributed by atoms with Gasteiger partial charge < -0.3 is 15.0 Å². The van der Waals surface area contributed by atoms with Gasteiger partial charge in [0.25, 0.3) is 5.91 Å². The quantitative estimate of drug-likeness (QED) is 0.802. The van der Waals surface area contributed by atoms with Crippen molar-refractivity contribution >= 4 is 23.5 Å². The van der Waals surface area contributed by atoms with E-state index in [1.807, 2.05) is 18.7 Å². The molecular formula is C20H25N3O4. The summed E-state index contributed by atoms with van der Waals surface area (Å²) in [5.41, 5.74) is 0.763. The molecule has 27 heavy (non-hydrogen) atoms. The number of hydrogen-bond acceptors (Lipinski definition) is 5. The van der Waals surface area contributed by atoms with E-state index in [1.54, 1.807) is 25.1 Å². The molecule has 7 heteroatoms. The first-order valence-electron chi connectivity index (χ1n) is 9.13. The van der Waals surface area contributed by atoms with Crippen molar-refractivity contribution in [1.29, 1.82) is 5.26 Å². The molecule has 1 N–H and O–H groups in total. The van der Waals surface area contributed by atoms with Gasteiger partial charge in [-0.2, -0.15) is 5.26 Å². The highest BCUT2D eigenvalue weighted by Gasteiger charge is 2.33. The Bertz CT molecular complexity index is 729. The number of nitrogens with zero attached hydrogens (tertiary/aromatic N) is 2. The van der Waals surface area contributed by atoms with E-state index in [4.69, 9.17) is 10.00 Å². The smallest absolute Gasteiger partial charge is 0.338 e. The summed E-state index contributed by atoms with van der Waals surface area (Å²) in [6.45, 7) is 5.62. The summed E-state index contributed by atoms with van der Waals surface area (Å²) in [7, 11) is 0. The van der Waals surface area contributed by atoms with Crippen LogP contribution in [0.1, 0.15) is 56.8 Å². The van der Waals surface area contributed by atoms with Gasteiger partial charge in [-0.05, 0) is 64.3 Å². The molecule has 144 valence electrons. The number of esters is 1. The van der Waals surface area contributed by atoms with Crippen LogP contribution in [0.3, 0.4) is 0 Å². The van der Waals surface area contributed by atoms with Crippen LogP contribution in [-0.4, -0.2) is 40.9 Å². The molecule has 0 radical (unpaired) electrons. The average molecular weight is 371 g/mol. The molecule has 0 bridgehead atoms. The number of piperidine rings is 1. The van der Waals surface area contributed by atoms with Crippen molar-refractivity contribution in [1.82, 2.24) is 4.90 Å². The maximum atomic E-state index is 12.7. The van der Waals surface area contributed by atoms with Gasteiger partial charge in [-0.25, -0.2) is 4.79 Å². The minimum Gasteiger partial charge on any atom is -0.449 e. The van der Waals surface area contributed by atoms with Gasteiger partial charge in [0.15, 0.2) is 6.10 Å². The monoisotopic (exact) mass is 371 g/mol. The Kier molecular flexibility index (Phi) is 6.94. The number of anilines is 1. The Labute approximate surface area is 159 Å². The molecule has 1 fully saturated rings. The lowest BCUT2D eigenvalue weighted by atomic mass is 9.97. The lowest BCUT2D eigenvalue weighted by molar-refractivity contribution is -0.146. The summed E-state index contributed by atoms with van der Waals surface area (Å²) >= 11 is 0. The SMILES string of the molecule is C[C@@H]1CCC[C@@H](C)N1C(=O)[C@@H](C)OC(=O)c1ccc(NC(=O)CC#N)cc1. The molecule has 0 saturated carbocycles. The van der Waals surface area contributed by atoms with Crippen molar-refractivity contribution in [3.05, 3.63) is 29.8 Å². The normalized spacial score (nSPS) is 20.3. The van der Waals surface area contributed by atoms with Gasteiger partial charge in [0, 0.05) is 17.8 Å². The fraction of sp³-hybridized carbons (Fsp3) is 0.500. The third-order valence-corrected chi connectivity index (χ3v) is 4.72. The van der Waals surface area contributed by atoms with E-state index in [9.17, 15) is 14.4 Å². The first-order valence-corrected chi connectivity index (χ1v) is 9.13. The number of hydrogen-bond donors (Lipinski definition) is 1. The van der Waals surface area contributed by atoms with E-state index < -0.39 is 18.0 Å². The van der Waals surface area contributed by atoms with Crippen LogP contribution in [0.15, 0.2) is 24.3 Å². The summed E-state index contributed by atoms with van der Waals surface area (Å²) < 4.78 is 5.35. The predicted octanol–water partition coefficient (Wildman–Crippen LogP) is 2.87. The maximum Gasteiger partial charge on any atom is 0.338 e. The van der Waals surface area contributed by atoms with Crippen LogP contribution in [-0.2, 0) is 14.3 Å². The molecule has 7 nitrogen and oxygen atoms in total. The summed E-state index contributed by atoms with van der Waals surface area (Å²) in [5.74, 6) is -1.19. The number of benzene rings is 1. The highest BCUT2D eigenvalue weighted by atomic mass is 16.5. The number of rotatable bonds is 5. The van der Waals surface area contributed by atoms with Crippen molar-refractivity contribution in [2.75, 3.05) is 5.32 Å². The highest BCUT2D eigenvalue weighted by Crippen LogP contribution is 2.24. The Morgan fingerprint density at radius 3 is 2.37 bits per heavy atom. The second-order valence-corrected chi connectivity index (χ2v) is 6.88. The summed E-state index contributed by atoms with van der Waals surface area (Å²) in [6, 6.07) is 8.15. The minimum atomic E-state index is -0.865. The Morgan fingerprint density at radius 1 is 1.22 bits per heavy atom. The topological polar surface area (TPSA) is 99.5 Å². The summed E-state index contributed by atoms with van der Waals surface area (Å²) in [5, 5.41) is 11.0. The molecule has 0 spiro atoms. The molecule has 0 aliphatic carbocycles. The zero-order valence-corrected chi connectivity index (χ0v) is 15.9. The Balaban J connectivity index is 1.96. The summed E-state index contributed by atoms with van der Waals surface area (Å²) in [6.07, 6.45) is 1.90. The van der Waals surface area contributed by atoms with E-state index in [-0.39, 0.29) is 30.0 Å². The lowest BCUT2D eigenvalue weighted by Crippen LogP contribution is -2.51. The number of carbonyl (C=O) groups is 3. The van der Waals surface area contributed by atoms with Gasteiger partial charge in [0.1, 0.15) is 6.42 Å². The van der Waals surface area contributed by atoms with E-state index >= 15 is 0 Å². The molecule has 1 aliphatic rings. The first-order chi connectivity index (χ1) is 12.8. The molecule has 1 aromatic rings. The van der Waals surface area contributed by atoms with Crippen molar-refractivity contribution in [2.24, 2.45) is 0 Å². The first kappa shape index (κ1) is 20.4. The minimum absolute atomic E-state index is 0.138. The van der Waals surface area contributed by atoms with E-state index in [1.165, 1.54) is 12.1 Å². The van der Waals surface area contributed by atoms with Crippen LogP contribution in [0, 0.1) is 11.3 Å². The van der Waals surface area contributed by atoms with Gasteiger partial charge in [-0.3, -0.25) is 9.59 Å². The van der Waals surface area contributed by atoms with Crippen molar-refractivity contribution in [3.8, 4) is 6.07 Å². The Hall–Kier alpha value is -2.88. The van der Waals surface area contributed by atoms with Crippen molar-refractivity contribution < 1.29 is 19.1 Å². The van der Waals surface area contributed by atoms with Crippen LogP contribution in [0.4, 0.5) is 5.69 Å². The highest BCUT2D eigenvalue weighted by molar-refractivity contribution is 5.94. The largest absolute Gasteiger partial charge is 0.449 e. The average Bonchev–Trinajstić information content (AvgIpc) is 2.62. The molecule has 1 saturated heterocycles. The van der Waals surface area contributed by atoms with Gasteiger partial charge in [0.05, 0.1) is 11.6 Å². The number of likely N-dealkylation sites (tertiary alicyclic amines) is 1. The maximum absolute atomic E-state index is 12.7. The molecule has 0 unspecified atom stereocenters. The number of nitriles is 1. The van der Waals surface area contributed by atoms with Crippen LogP contribution in [0.2, 0.25) is 0 Å². The second kappa shape index (κ2) is 9.17. The fourth-order valence-electron chi connectivity index (χ4n) is 3.31. The van der Waals surface area contributed by atoms with Gasteiger partial charge >= 0.3 is 5.97 Å². The molecule has 1 aliphatic heterocycles. The zero-order chi connectivity index (χ0) is 20.0. The van der Waals surface area contributed by atoms with Crippen molar-refractivity contribution in [2.45, 2.75) is 64.6 Å². The standard InChI is InChI=1S/C20H25N3O4/c1-13-5-4-6-14(2)23(13)19(25)15(3)27-20(26)16-7-9-17(10-8-16)22-18(24)11-12-21/h7-10,13-15H,4-6,11H2,1-3H3,(H,22,24)/t13-,14-,15-/m1/s1. The number of amides is 2. The second-order valence-electron chi connectivity index (χ2n) is 6.88. The zero-order valence-electron chi connectivity index (χ0n) is 15.9. The predicted molar refractivity (Wildman–Crippen MR) is 99.8 cm³/mol. The van der Waals surface area contributed by atoms with Crippen LogP contribution in [0.5, 0.6) is 0 Å². The molecule has 2 amide bonds. The van der Waals surface area contributed by atoms with Gasteiger partial charge in [0.2, 0.25) is 5.91 Å². The number of ether oxygens (including phenoxy) is 1. The molecule has 1 heterocycles. The Morgan fingerprint density at radius 2 is 1.81 bits per heavy atom. The third-order valence-electron chi connectivity index (χ3n) is 4.72. The lowest BCUT2D eigenvalue weighted by Gasteiger charge is -2.40. The molecular weight excluding hydrogens is 346 g/mol.